The van der Waals surface area contributed by atoms with Crippen LogP contribution in [0.25, 0.3) is 0 Å². The molecule has 2 aromatic carbocycles. The highest BCUT2D eigenvalue weighted by Gasteiger charge is 2.37. The summed E-state index contributed by atoms with van der Waals surface area (Å²) in [5, 5.41) is 21.4. The van der Waals surface area contributed by atoms with Crippen LogP contribution in [0.4, 0.5) is 37.7 Å². The Kier molecular flexibility index (Phi) is 10.3. The van der Waals surface area contributed by atoms with Gasteiger partial charge >= 0.3 is 18.3 Å². The average molecular weight is 683 g/mol. The number of benzene rings is 2. The summed E-state index contributed by atoms with van der Waals surface area (Å²) in [6.45, 7) is 0. The van der Waals surface area contributed by atoms with Crippen LogP contribution in [-0.2, 0) is 17.1 Å². The number of hydrogen-bond donors (Lipinski definition) is 2. The monoisotopic (exact) mass is 681 g/mol. The Balaban J connectivity index is 0.000000382. The number of carbonyl (C=O) groups is 2. The summed E-state index contributed by atoms with van der Waals surface area (Å²) < 4.78 is 78.9. The van der Waals surface area contributed by atoms with E-state index in [0.29, 0.717) is 24.3 Å². The van der Waals surface area contributed by atoms with Gasteiger partial charge in [-0.3, -0.25) is 25.0 Å². The summed E-state index contributed by atoms with van der Waals surface area (Å²) in [4.78, 5) is 45.2. The molecule has 2 rings (SSSR count). The number of halogens is 8. The maximum atomic E-state index is 12.7. The van der Waals surface area contributed by atoms with E-state index in [1.54, 1.807) is 0 Å². The minimum absolute atomic E-state index is 0.316. The molecule has 0 aliphatic heterocycles. The van der Waals surface area contributed by atoms with E-state index in [9.17, 15) is 56.2 Å². The molecule has 0 saturated heterocycles. The number of rotatable bonds is 4. The number of hydrogen-bond acceptors (Lipinski definition) is 7. The molecule has 12 nitrogen and oxygen atoms in total. The van der Waals surface area contributed by atoms with Gasteiger partial charge in [-0.25, -0.2) is 4.79 Å². The van der Waals surface area contributed by atoms with E-state index in [0.717, 1.165) is 7.11 Å². The van der Waals surface area contributed by atoms with Gasteiger partial charge in [0.25, 0.3) is 17.3 Å². The summed E-state index contributed by atoms with van der Waals surface area (Å²) in [7, 11) is 0.918. The lowest BCUT2D eigenvalue weighted by atomic mass is 10.1. The summed E-state index contributed by atoms with van der Waals surface area (Å²) in [6.07, 6.45) is -9.54. The predicted molar refractivity (Wildman–Crippen MR) is 123 cm³/mol. The molecule has 0 spiro atoms. The number of alkyl halides is 6. The number of methoxy groups -OCH3 is 1. The van der Waals surface area contributed by atoms with E-state index in [1.807, 2.05) is 0 Å². The second kappa shape index (κ2) is 12.2. The van der Waals surface area contributed by atoms with Gasteiger partial charge in [0, 0.05) is 21.1 Å². The van der Waals surface area contributed by atoms with Gasteiger partial charge in [0.05, 0.1) is 28.1 Å². The van der Waals surface area contributed by atoms with E-state index in [2.05, 4.69) is 41.6 Å². The molecule has 0 bridgehead atoms. The number of nitro groups is 2. The zero-order chi connectivity index (χ0) is 29.7. The lowest BCUT2D eigenvalue weighted by molar-refractivity contribution is -0.385. The second-order valence-corrected chi connectivity index (χ2v) is 8.25. The highest BCUT2D eigenvalue weighted by Crippen LogP contribution is 2.39. The first-order valence-electron chi connectivity index (χ1n) is 9.04. The van der Waals surface area contributed by atoms with Gasteiger partial charge in [-0.05, 0) is 44.0 Å². The van der Waals surface area contributed by atoms with E-state index in [4.69, 9.17) is 11.5 Å². The van der Waals surface area contributed by atoms with Crippen LogP contribution < -0.4 is 11.5 Å². The van der Waals surface area contributed by atoms with Crippen LogP contribution in [0.2, 0.25) is 0 Å². The molecule has 206 valence electrons. The topological polar surface area (TPSA) is 194 Å². The van der Waals surface area contributed by atoms with Crippen LogP contribution in [0.3, 0.4) is 0 Å². The molecule has 0 aliphatic carbocycles. The lowest BCUT2D eigenvalue weighted by Gasteiger charge is -2.10. The third-order valence-corrected chi connectivity index (χ3v) is 5.35. The maximum absolute atomic E-state index is 12.7. The summed E-state index contributed by atoms with van der Waals surface area (Å²) in [6, 6.07) is 1.89. The Morgan fingerprint density at radius 2 is 1.21 bits per heavy atom. The molecule has 1 amide bonds. The van der Waals surface area contributed by atoms with Crippen LogP contribution in [0.5, 0.6) is 0 Å². The SMILES string of the molecule is COC(=O)c1cc(C(F)(F)F)c(Br)cc1[N+](=O)[O-].NC(N)=NC(=O)c1cc(C(F)(F)F)c(Br)cc1[N+](=O)[O-]. The Morgan fingerprint density at radius 1 is 0.842 bits per heavy atom. The van der Waals surface area contributed by atoms with E-state index >= 15 is 0 Å². The minimum Gasteiger partial charge on any atom is -0.465 e. The summed E-state index contributed by atoms with van der Waals surface area (Å²) >= 11 is 5.14. The van der Waals surface area contributed by atoms with Crippen molar-refractivity contribution in [2.24, 2.45) is 16.5 Å². The fourth-order valence-corrected chi connectivity index (χ4v) is 3.60. The molecule has 38 heavy (non-hydrogen) atoms. The Hall–Kier alpha value is -3.81. The molecule has 0 atom stereocenters. The molecule has 2 aromatic rings. The van der Waals surface area contributed by atoms with Gasteiger partial charge < -0.3 is 16.2 Å². The standard InChI is InChI=1S/C9H6BrF3N4O3.C9H5BrF3NO4/c10-5-2-6(17(19)20)3(7(18)16-8(14)15)1-4(5)9(11,12)13;1-18-8(15)4-2-5(9(11,12)13)6(10)3-7(4)14(16)17/h1-2H,(H4,14,15,16,18);2-3H,1H3. The van der Waals surface area contributed by atoms with Crippen LogP contribution in [0, 0.1) is 20.2 Å². The smallest absolute Gasteiger partial charge is 0.417 e. The van der Waals surface area contributed by atoms with Crippen molar-refractivity contribution < 1.29 is 50.5 Å². The molecule has 0 aliphatic rings. The Bertz CT molecular complexity index is 1330. The number of guanidine groups is 1. The highest BCUT2D eigenvalue weighted by molar-refractivity contribution is 9.10. The molecule has 0 radical (unpaired) electrons. The third-order valence-electron chi connectivity index (χ3n) is 4.04. The van der Waals surface area contributed by atoms with Crippen LogP contribution in [0.1, 0.15) is 31.8 Å². The Labute approximate surface area is 223 Å². The Morgan fingerprint density at radius 3 is 1.53 bits per heavy atom. The fraction of sp³-hybridized carbons (Fsp3) is 0.167. The molecule has 0 unspecified atom stereocenters. The molecule has 0 fully saturated rings. The first-order chi connectivity index (χ1) is 17.2. The average Bonchev–Trinajstić information content (AvgIpc) is 2.76. The molecule has 0 aromatic heterocycles. The minimum atomic E-state index is -4.80. The van der Waals surface area contributed by atoms with Crippen molar-refractivity contribution >= 4 is 61.1 Å². The van der Waals surface area contributed by atoms with Gasteiger partial charge in [0.15, 0.2) is 5.96 Å². The van der Waals surface area contributed by atoms with E-state index in [-0.39, 0.29) is 0 Å². The van der Waals surface area contributed by atoms with Gasteiger partial charge in [-0.2, -0.15) is 31.3 Å². The van der Waals surface area contributed by atoms with Crippen molar-refractivity contribution in [1.82, 2.24) is 0 Å². The molecule has 0 heterocycles. The second-order valence-electron chi connectivity index (χ2n) is 6.54. The number of nitro benzene ring substituents is 2. The molecule has 4 N–H and O–H groups in total. The highest BCUT2D eigenvalue weighted by atomic mass is 79.9. The zero-order valence-corrected chi connectivity index (χ0v) is 21.4. The molecular formula is C18H11Br2F6N5O7. The number of amides is 1. The fourth-order valence-electron chi connectivity index (χ4n) is 2.48. The molecule has 20 heteroatoms. The van der Waals surface area contributed by atoms with Crippen molar-refractivity contribution in [3.8, 4) is 0 Å². The van der Waals surface area contributed by atoms with E-state index < -0.39 is 82.6 Å². The first-order valence-corrected chi connectivity index (χ1v) is 10.6. The quantitative estimate of drug-likeness (QED) is 0.112. The van der Waals surface area contributed by atoms with Gasteiger partial charge in [-0.1, -0.05) is 0 Å². The van der Waals surface area contributed by atoms with Crippen LogP contribution in [-0.4, -0.2) is 34.8 Å². The number of aliphatic imine (C=N–C) groups is 1. The summed E-state index contributed by atoms with van der Waals surface area (Å²) in [5.74, 6) is -3.27. The van der Waals surface area contributed by atoms with Crippen molar-refractivity contribution in [3.63, 3.8) is 0 Å². The number of ether oxygens (including phenoxy) is 1. The number of carbonyl (C=O) groups excluding carboxylic acids is 2. The molecule has 0 saturated carbocycles. The van der Waals surface area contributed by atoms with Gasteiger partial charge in [0.1, 0.15) is 11.1 Å². The number of nitrogens with zero attached hydrogens (tertiary/aromatic N) is 3. The van der Waals surface area contributed by atoms with E-state index in [1.165, 1.54) is 0 Å². The van der Waals surface area contributed by atoms with Crippen molar-refractivity contribution in [2.75, 3.05) is 7.11 Å². The largest absolute Gasteiger partial charge is 0.465 e. The van der Waals surface area contributed by atoms with Crippen molar-refractivity contribution in [2.45, 2.75) is 12.4 Å². The normalized spacial score (nSPS) is 11.1. The van der Waals surface area contributed by atoms with Crippen LogP contribution in [0.15, 0.2) is 38.2 Å². The van der Waals surface area contributed by atoms with Crippen molar-refractivity contribution in [3.05, 3.63) is 75.7 Å². The van der Waals surface area contributed by atoms with Gasteiger partial charge in [0.2, 0.25) is 0 Å². The number of nitrogens with two attached hydrogens (primary N) is 2. The van der Waals surface area contributed by atoms with Gasteiger partial charge in [-0.15, -0.1) is 0 Å². The number of esters is 1. The predicted octanol–water partition coefficient (Wildman–Crippen LogP) is 4.95. The third kappa shape index (κ3) is 8.10. The maximum Gasteiger partial charge on any atom is 0.417 e. The first kappa shape index (κ1) is 32.2. The summed E-state index contributed by atoms with van der Waals surface area (Å²) in [5.41, 5.74) is 4.17. The van der Waals surface area contributed by atoms with Crippen LogP contribution >= 0.6 is 31.9 Å². The zero-order valence-electron chi connectivity index (χ0n) is 18.2. The van der Waals surface area contributed by atoms with Crippen molar-refractivity contribution in [1.29, 1.82) is 0 Å². The lowest BCUT2D eigenvalue weighted by Crippen LogP contribution is -2.24. The molecular weight excluding hydrogens is 672 g/mol.